The number of ether oxygens (including phenoxy) is 1. The number of carbonyl (C=O) groups excluding carboxylic acids is 2. The first-order valence-electron chi connectivity index (χ1n) is 11.1. The molecule has 2 aliphatic heterocycles. The predicted octanol–water partition coefficient (Wildman–Crippen LogP) is 3.42. The van der Waals surface area contributed by atoms with Crippen LogP contribution in [0.5, 0.6) is 0 Å². The van der Waals surface area contributed by atoms with Crippen molar-refractivity contribution in [1.29, 1.82) is 0 Å². The fourth-order valence-corrected chi connectivity index (χ4v) is 4.64. The van der Waals surface area contributed by atoms with E-state index in [2.05, 4.69) is 22.0 Å². The van der Waals surface area contributed by atoms with Crippen LogP contribution in [0.25, 0.3) is 10.8 Å². The summed E-state index contributed by atoms with van der Waals surface area (Å²) in [5, 5.41) is 10.7. The lowest BCUT2D eigenvalue weighted by Crippen LogP contribution is -2.43. The number of benzene rings is 1. The number of amides is 1. The lowest BCUT2D eigenvalue weighted by molar-refractivity contribution is -0.149. The Kier molecular flexibility index (Phi) is 6.16. The number of likely N-dealkylation sites (tertiary alicyclic amines) is 1. The van der Waals surface area contributed by atoms with Crippen LogP contribution in [-0.4, -0.2) is 59.3 Å². The summed E-state index contributed by atoms with van der Waals surface area (Å²) in [5.41, 5.74) is 0.364. The number of hydrogen-bond donors (Lipinski definition) is 0. The number of aromatic nitrogens is 2. The SMILES string of the molecule is CCOC(=O)C1CCCN(C(=O)c2nnc(N3CCCCC3C)c3ccccc23)C1. The molecule has 2 fully saturated rings. The molecule has 0 spiro atoms. The number of anilines is 1. The maximum Gasteiger partial charge on any atom is 0.310 e. The summed E-state index contributed by atoms with van der Waals surface area (Å²) in [5.74, 6) is 0.207. The largest absolute Gasteiger partial charge is 0.466 e. The Morgan fingerprint density at radius 2 is 1.87 bits per heavy atom. The third kappa shape index (κ3) is 3.98. The summed E-state index contributed by atoms with van der Waals surface area (Å²) >= 11 is 0. The molecular formula is C23H30N4O3. The Bertz CT molecular complexity index is 932. The molecule has 4 rings (SSSR count). The van der Waals surface area contributed by atoms with Crippen molar-refractivity contribution >= 4 is 28.5 Å². The van der Waals surface area contributed by atoms with Crippen LogP contribution in [0.3, 0.4) is 0 Å². The average Bonchev–Trinajstić information content (AvgIpc) is 2.79. The minimum Gasteiger partial charge on any atom is -0.466 e. The van der Waals surface area contributed by atoms with Gasteiger partial charge in [-0.15, -0.1) is 10.2 Å². The molecule has 2 atom stereocenters. The van der Waals surface area contributed by atoms with Crippen LogP contribution in [0.2, 0.25) is 0 Å². The smallest absolute Gasteiger partial charge is 0.310 e. The summed E-state index contributed by atoms with van der Waals surface area (Å²) < 4.78 is 5.17. The standard InChI is InChI=1S/C23H30N4O3/c1-3-30-23(29)17-10-8-13-26(15-17)22(28)20-18-11-4-5-12-19(18)21(25-24-20)27-14-7-6-9-16(27)2/h4-5,11-12,16-17H,3,6-10,13-15H2,1-2H3. The van der Waals surface area contributed by atoms with Crippen molar-refractivity contribution in [2.75, 3.05) is 31.1 Å². The van der Waals surface area contributed by atoms with Gasteiger partial charge < -0.3 is 14.5 Å². The van der Waals surface area contributed by atoms with Crippen LogP contribution in [0.1, 0.15) is 56.4 Å². The van der Waals surface area contributed by atoms with Crippen LogP contribution in [0, 0.1) is 5.92 Å². The normalized spacial score (nSPS) is 22.2. The molecule has 1 amide bonds. The highest BCUT2D eigenvalue weighted by molar-refractivity contribution is 6.07. The molecule has 160 valence electrons. The second-order valence-electron chi connectivity index (χ2n) is 8.30. The molecular weight excluding hydrogens is 380 g/mol. The van der Waals surface area contributed by atoms with E-state index in [-0.39, 0.29) is 17.8 Å². The third-order valence-electron chi connectivity index (χ3n) is 6.27. The van der Waals surface area contributed by atoms with E-state index in [1.54, 1.807) is 11.8 Å². The van der Waals surface area contributed by atoms with Gasteiger partial charge in [-0.25, -0.2) is 0 Å². The number of nitrogens with zero attached hydrogens (tertiary/aromatic N) is 4. The van der Waals surface area contributed by atoms with Crippen molar-refractivity contribution in [3.05, 3.63) is 30.0 Å². The number of rotatable bonds is 4. The number of fused-ring (bicyclic) bond motifs is 1. The van der Waals surface area contributed by atoms with Gasteiger partial charge in [0.25, 0.3) is 5.91 Å². The van der Waals surface area contributed by atoms with E-state index in [4.69, 9.17) is 4.74 Å². The van der Waals surface area contributed by atoms with Gasteiger partial charge >= 0.3 is 5.97 Å². The molecule has 0 N–H and O–H groups in total. The zero-order valence-corrected chi connectivity index (χ0v) is 17.8. The second kappa shape index (κ2) is 8.98. The Morgan fingerprint density at radius 3 is 2.63 bits per heavy atom. The topological polar surface area (TPSA) is 75.6 Å². The van der Waals surface area contributed by atoms with Crippen LogP contribution in [-0.2, 0) is 9.53 Å². The van der Waals surface area contributed by atoms with Crippen molar-refractivity contribution in [3.63, 3.8) is 0 Å². The quantitative estimate of drug-likeness (QED) is 0.719. The molecule has 1 aromatic carbocycles. The number of piperidine rings is 2. The molecule has 0 aliphatic carbocycles. The van der Waals surface area contributed by atoms with Gasteiger partial charge in [0.1, 0.15) is 0 Å². The van der Waals surface area contributed by atoms with Gasteiger partial charge in [0.2, 0.25) is 0 Å². The van der Waals surface area contributed by atoms with E-state index >= 15 is 0 Å². The first kappa shape index (κ1) is 20.6. The Morgan fingerprint density at radius 1 is 1.07 bits per heavy atom. The van der Waals surface area contributed by atoms with E-state index in [0.717, 1.165) is 48.8 Å². The van der Waals surface area contributed by atoms with Gasteiger partial charge in [-0.05, 0) is 46.0 Å². The van der Waals surface area contributed by atoms with Crippen molar-refractivity contribution in [3.8, 4) is 0 Å². The van der Waals surface area contributed by atoms with Gasteiger partial charge in [0.15, 0.2) is 11.5 Å². The fraction of sp³-hybridized carbons (Fsp3) is 0.565. The molecule has 0 saturated carbocycles. The van der Waals surface area contributed by atoms with Gasteiger partial charge in [0.05, 0.1) is 12.5 Å². The second-order valence-corrected chi connectivity index (χ2v) is 8.30. The van der Waals surface area contributed by atoms with Gasteiger partial charge in [0, 0.05) is 36.4 Å². The summed E-state index contributed by atoms with van der Waals surface area (Å²) in [6.45, 7) is 6.33. The third-order valence-corrected chi connectivity index (χ3v) is 6.27. The van der Waals surface area contributed by atoms with Gasteiger partial charge in [-0.1, -0.05) is 24.3 Å². The van der Waals surface area contributed by atoms with Gasteiger partial charge in [-0.3, -0.25) is 9.59 Å². The summed E-state index contributed by atoms with van der Waals surface area (Å²) in [7, 11) is 0. The highest BCUT2D eigenvalue weighted by Gasteiger charge is 2.32. The average molecular weight is 411 g/mol. The highest BCUT2D eigenvalue weighted by Crippen LogP contribution is 2.31. The van der Waals surface area contributed by atoms with E-state index in [1.807, 2.05) is 24.3 Å². The zero-order chi connectivity index (χ0) is 21.1. The molecule has 7 nitrogen and oxygen atoms in total. The lowest BCUT2D eigenvalue weighted by atomic mass is 9.97. The maximum atomic E-state index is 13.3. The molecule has 7 heteroatoms. The molecule has 3 heterocycles. The monoisotopic (exact) mass is 410 g/mol. The Hall–Kier alpha value is -2.70. The van der Waals surface area contributed by atoms with E-state index in [0.29, 0.717) is 31.4 Å². The lowest BCUT2D eigenvalue weighted by Gasteiger charge is -2.35. The molecule has 2 aromatic rings. The highest BCUT2D eigenvalue weighted by atomic mass is 16.5. The summed E-state index contributed by atoms with van der Waals surface area (Å²) in [4.78, 5) is 29.6. The van der Waals surface area contributed by atoms with Crippen LogP contribution < -0.4 is 4.90 Å². The maximum absolute atomic E-state index is 13.3. The van der Waals surface area contributed by atoms with Crippen molar-refractivity contribution in [2.24, 2.45) is 5.92 Å². The van der Waals surface area contributed by atoms with E-state index in [1.165, 1.54) is 6.42 Å². The molecule has 0 bridgehead atoms. The van der Waals surface area contributed by atoms with Crippen LogP contribution in [0.4, 0.5) is 5.82 Å². The predicted molar refractivity (Wildman–Crippen MR) is 115 cm³/mol. The zero-order valence-electron chi connectivity index (χ0n) is 17.8. The minimum atomic E-state index is -0.268. The van der Waals surface area contributed by atoms with E-state index in [9.17, 15) is 9.59 Å². The minimum absolute atomic E-state index is 0.161. The Balaban J connectivity index is 1.64. The van der Waals surface area contributed by atoms with Crippen LogP contribution >= 0.6 is 0 Å². The molecule has 2 saturated heterocycles. The van der Waals surface area contributed by atoms with Crippen molar-refractivity contribution in [1.82, 2.24) is 15.1 Å². The number of hydrogen-bond acceptors (Lipinski definition) is 6. The van der Waals surface area contributed by atoms with Gasteiger partial charge in [-0.2, -0.15) is 0 Å². The molecule has 1 aromatic heterocycles. The molecule has 2 unspecified atom stereocenters. The number of carbonyl (C=O) groups is 2. The first-order chi connectivity index (χ1) is 14.6. The number of esters is 1. The van der Waals surface area contributed by atoms with Crippen molar-refractivity contribution < 1.29 is 14.3 Å². The molecule has 2 aliphatic rings. The summed E-state index contributed by atoms with van der Waals surface area (Å²) in [6, 6.07) is 8.29. The van der Waals surface area contributed by atoms with E-state index < -0.39 is 0 Å². The summed E-state index contributed by atoms with van der Waals surface area (Å²) in [6.07, 6.45) is 5.05. The molecule has 30 heavy (non-hydrogen) atoms. The van der Waals surface area contributed by atoms with Crippen molar-refractivity contribution in [2.45, 2.75) is 52.0 Å². The molecule has 0 radical (unpaired) electrons. The first-order valence-corrected chi connectivity index (χ1v) is 11.1. The van der Waals surface area contributed by atoms with Crippen LogP contribution in [0.15, 0.2) is 24.3 Å². The Labute approximate surface area is 177 Å². The fourth-order valence-electron chi connectivity index (χ4n) is 4.64.